The molecule has 92 valence electrons. The van der Waals surface area contributed by atoms with E-state index in [1.54, 1.807) is 12.1 Å². The van der Waals surface area contributed by atoms with Gasteiger partial charge in [-0.2, -0.15) is 5.26 Å². The van der Waals surface area contributed by atoms with E-state index in [-0.39, 0.29) is 0 Å². The van der Waals surface area contributed by atoms with Gasteiger partial charge in [0.15, 0.2) is 0 Å². The molecule has 2 aromatic rings. The highest BCUT2D eigenvalue weighted by Crippen LogP contribution is 2.41. The van der Waals surface area contributed by atoms with Gasteiger partial charge in [-0.15, -0.1) is 11.3 Å². The normalized spacial score (nSPS) is 10.3. The fraction of sp³-hybridized carbons (Fsp3) is 0.154. The molecule has 0 saturated carbocycles. The summed E-state index contributed by atoms with van der Waals surface area (Å²) in [6, 6.07) is 7.45. The summed E-state index contributed by atoms with van der Waals surface area (Å²) in [5.74, 6) is 0. The van der Waals surface area contributed by atoms with E-state index in [0.717, 1.165) is 22.4 Å². The Morgan fingerprint density at radius 3 is 2.67 bits per heavy atom. The van der Waals surface area contributed by atoms with Crippen LogP contribution in [0.2, 0.25) is 10.0 Å². The molecule has 0 aliphatic carbocycles. The lowest BCUT2D eigenvalue weighted by atomic mass is 10.1. The molecule has 2 nitrogen and oxygen atoms in total. The Morgan fingerprint density at radius 1 is 1.39 bits per heavy atom. The molecule has 0 bridgehead atoms. The first-order valence-electron chi connectivity index (χ1n) is 5.35. The van der Waals surface area contributed by atoms with E-state index in [1.165, 1.54) is 11.3 Å². The predicted molar refractivity (Wildman–Crippen MR) is 78.3 cm³/mol. The van der Waals surface area contributed by atoms with Crippen molar-refractivity contribution in [1.29, 1.82) is 5.26 Å². The number of hydrogen-bond acceptors (Lipinski definition) is 3. The number of benzene rings is 1. The highest BCUT2D eigenvalue weighted by Gasteiger charge is 2.17. The standard InChI is InChI=1S/C13H10Cl2N2S/c1-2-8-12(17)11(6-16)18-13(8)9-4-3-7(14)5-10(9)15/h3-5H,2,17H2,1H3. The summed E-state index contributed by atoms with van der Waals surface area (Å²) in [5, 5.41) is 10.2. The number of nitrogens with two attached hydrogens (primary N) is 1. The molecule has 5 heteroatoms. The van der Waals surface area contributed by atoms with Crippen molar-refractivity contribution in [3.8, 4) is 16.5 Å². The van der Waals surface area contributed by atoms with Crippen molar-refractivity contribution in [2.75, 3.05) is 5.73 Å². The summed E-state index contributed by atoms with van der Waals surface area (Å²) in [7, 11) is 0. The van der Waals surface area contributed by atoms with Gasteiger partial charge in [0.1, 0.15) is 10.9 Å². The monoisotopic (exact) mass is 296 g/mol. The first kappa shape index (κ1) is 13.2. The summed E-state index contributed by atoms with van der Waals surface area (Å²) in [5.41, 5.74) is 8.37. The molecule has 0 saturated heterocycles. The van der Waals surface area contributed by atoms with Gasteiger partial charge in [-0.1, -0.05) is 36.2 Å². The Kier molecular flexibility index (Phi) is 3.82. The highest BCUT2D eigenvalue weighted by molar-refractivity contribution is 7.17. The Morgan fingerprint density at radius 2 is 2.11 bits per heavy atom. The van der Waals surface area contributed by atoms with E-state index in [0.29, 0.717) is 20.6 Å². The minimum absolute atomic E-state index is 0.535. The van der Waals surface area contributed by atoms with Crippen LogP contribution in [0, 0.1) is 11.3 Å². The van der Waals surface area contributed by atoms with E-state index in [2.05, 4.69) is 6.07 Å². The fourth-order valence-electron chi connectivity index (χ4n) is 1.80. The lowest BCUT2D eigenvalue weighted by Crippen LogP contribution is -1.91. The van der Waals surface area contributed by atoms with Gasteiger partial charge >= 0.3 is 0 Å². The van der Waals surface area contributed by atoms with Crippen LogP contribution in [-0.4, -0.2) is 0 Å². The number of nitrogens with zero attached hydrogens (tertiary/aromatic N) is 1. The Bertz CT molecular complexity index is 641. The second kappa shape index (κ2) is 5.19. The van der Waals surface area contributed by atoms with Crippen LogP contribution in [0.1, 0.15) is 17.4 Å². The summed E-state index contributed by atoms with van der Waals surface area (Å²) < 4.78 is 0. The minimum atomic E-state index is 0.535. The Hall–Kier alpha value is -1.21. The molecule has 2 rings (SSSR count). The van der Waals surface area contributed by atoms with Crippen LogP contribution in [0.25, 0.3) is 10.4 Å². The molecule has 0 aliphatic rings. The second-order valence-electron chi connectivity index (χ2n) is 3.74. The largest absolute Gasteiger partial charge is 0.397 e. The number of halogens is 2. The van der Waals surface area contributed by atoms with E-state index in [1.807, 2.05) is 13.0 Å². The van der Waals surface area contributed by atoms with Crippen LogP contribution in [-0.2, 0) is 6.42 Å². The number of thiophene rings is 1. The smallest absolute Gasteiger partial charge is 0.128 e. The zero-order valence-electron chi connectivity index (χ0n) is 9.63. The first-order chi connectivity index (χ1) is 8.58. The Labute approximate surface area is 120 Å². The molecule has 0 fully saturated rings. The maximum Gasteiger partial charge on any atom is 0.128 e. The zero-order chi connectivity index (χ0) is 13.3. The van der Waals surface area contributed by atoms with Crippen molar-refractivity contribution in [3.05, 3.63) is 38.7 Å². The average molecular weight is 297 g/mol. The highest BCUT2D eigenvalue weighted by atomic mass is 35.5. The lowest BCUT2D eigenvalue weighted by molar-refractivity contribution is 1.16. The summed E-state index contributed by atoms with van der Waals surface area (Å²) in [4.78, 5) is 1.49. The van der Waals surface area contributed by atoms with Gasteiger partial charge in [0.2, 0.25) is 0 Å². The lowest BCUT2D eigenvalue weighted by Gasteiger charge is -2.05. The van der Waals surface area contributed by atoms with Crippen LogP contribution < -0.4 is 5.73 Å². The third-order valence-corrected chi connectivity index (χ3v) is 4.41. The van der Waals surface area contributed by atoms with Crippen LogP contribution in [0.5, 0.6) is 0 Å². The molecule has 0 aliphatic heterocycles. The van der Waals surface area contributed by atoms with Crippen molar-refractivity contribution in [3.63, 3.8) is 0 Å². The molecule has 0 unspecified atom stereocenters. The van der Waals surface area contributed by atoms with Crippen molar-refractivity contribution in [2.45, 2.75) is 13.3 Å². The van der Waals surface area contributed by atoms with Crippen molar-refractivity contribution in [2.24, 2.45) is 0 Å². The molecular formula is C13H10Cl2N2S. The summed E-state index contributed by atoms with van der Waals surface area (Å²) in [6.07, 6.45) is 0.762. The van der Waals surface area contributed by atoms with Crippen molar-refractivity contribution < 1.29 is 0 Å². The van der Waals surface area contributed by atoms with Gasteiger partial charge in [-0.25, -0.2) is 0 Å². The maximum absolute atomic E-state index is 9.04. The van der Waals surface area contributed by atoms with Gasteiger partial charge in [0.05, 0.1) is 10.7 Å². The van der Waals surface area contributed by atoms with Crippen LogP contribution in [0.4, 0.5) is 5.69 Å². The average Bonchev–Trinajstić information content (AvgIpc) is 2.65. The summed E-state index contributed by atoms with van der Waals surface area (Å²) >= 11 is 13.5. The summed E-state index contributed by atoms with van der Waals surface area (Å²) in [6.45, 7) is 2.01. The van der Waals surface area contributed by atoms with Crippen LogP contribution >= 0.6 is 34.5 Å². The zero-order valence-corrected chi connectivity index (χ0v) is 12.0. The number of nitriles is 1. The fourth-order valence-corrected chi connectivity index (χ4v) is 3.51. The second-order valence-corrected chi connectivity index (χ2v) is 5.61. The molecule has 18 heavy (non-hydrogen) atoms. The van der Waals surface area contributed by atoms with Gasteiger partial charge in [-0.05, 0) is 24.1 Å². The van der Waals surface area contributed by atoms with E-state index >= 15 is 0 Å². The molecule has 0 spiro atoms. The van der Waals surface area contributed by atoms with Crippen molar-refractivity contribution in [1.82, 2.24) is 0 Å². The quantitative estimate of drug-likeness (QED) is 0.870. The Balaban J connectivity index is 2.68. The van der Waals surface area contributed by atoms with E-state index in [9.17, 15) is 0 Å². The minimum Gasteiger partial charge on any atom is -0.397 e. The molecule has 1 aromatic carbocycles. The molecule has 0 radical (unpaired) electrons. The van der Waals surface area contributed by atoms with Gasteiger partial charge in [0.25, 0.3) is 0 Å². The number of nitrogen functional groups attached to an aromatic ring is 1. The third kappa shape index (κ3) is 2.20. The molecular weight excluding hydrogens is 287 g/mol. The third-order valence-electron chi connectivity index (χ3n) is 2.68. The first-order valence-corrected chi connectivity index (χ1v) is 6.92. The molecule has 2 N–H and O–H groups in total. The maximum atomic E-state index is 9.04. The van der Waals surface area contributed by atoms with Gasteiger partial charge in [-0.3, -0.25) is 0 Å². The number of rotatable bonds is 2. The van der Waals surface area contributed by atoms with Crippen LogP contribution in [0.3, 0.4) is 0 Å². The molecule has 0 atom stereocenters. The topological polar surface area (TPSA) is 49.8 Å². The predicted octanol–water partition coefficient (Wildman–Crippen LogP) is 4.74. The number of anilines is 1. The van der Waals surface area contributed by atoms with E-state index < -0.39 is 0 Å². The number of hydrogen-bond donors (Lipinski definition) is 1. The SMILES string of the molecule is CCc1c(-c2ccc(Cl)cc2Cl)sc(C#N)c1N. The van der Waals surface area contributed by atoms with Gasteiger partial charge < -0.3 is 5.73 Å². The molecule has 1 heterocycles. The molecule has 0 amide bonds. The van der Waals surface area contributed by atoms with Crippen LogP contribution in [0.15, 0.2) is 18.2 Å². The van der Waals surface area contributed by atoms with Gasteiger partial charge in [0, 0.05) is 15.5 Å². The molecule has 1 aromatic heterocycles. The van der Waals surface area contributed by atoms with Crippen molar-refractivity contribution >= 4 is 40.2 Å². The van der Waals surface area contributed by atoms with E-state index in [4.69, 9.17) is 34.2 Å².